The van der Waals surface area contributed by atoms with Crippen LogP contribution in [0.3, 0.4) is 0 Å². The number of rotatable bonds is 4. The van der Waals surface area contributed by atoms with Crippen LogP contribution in [0.1, 0.15) is 18.5 Å². The summed E-state index contributed by atoms with van der Waals surface area (Å²) in [7, 11) is 0. The van der Waals surface area contributed by atoms with Gasteiger partial charge in [0.25, 0.3) is 5.56 Å². The highest BCUT2D eigenvalue weighted by atomic mass is 35.5. The summed E-state index contributed by atoms with van der Waals surface area (Å²) in [5.74, 6) is 0.259. The van der Waals surface area contributed by atoms with Gasteiger partial charge in [-0.2, -0.15) is 0 Å². The standard InChI is InChI=1S/C11H13ClN4O3S/c1-6(16-11(17)5-10(13)14-16)7-2-3-8(12)9(4-7)15-20(18)19/h2-6,14-15H,13H2,1H3,(H,18,19)/p-1. The number of aromatic amines is 1. The van der Waals surface area contributed by atoms with Gasteiger partial charge in [0.15, 0.2) is 0 Å². The molecule has 0 aliphatic carbocycles. The molecule has 20 heavy (non-hydrogen) atoms. The minimum atomic E-state index is -2.47. The molecule has 0 radical (unpaired) electrons. The molecule has 0 spiro atoms. The third-order valence-corrected chi connectivity index (χ3v) is 3.54. The minimum absolute atomic E-state index is 0.247. The van der Waals surface area contributed by atoms with Gasteiger partial charge in [0.1, 0.15) is 5.82 Å². The highest BCUT2D eigenvalue weighted by molar-refractivity contribution is 7.80. The average molecular weight is 316 g/mol. The summed E-state index contributed by atoms with van der Waals surface area (Å²) in [4.78, 5) is 11.7. The number of aromatic nitrogens is 2. The molecule has 0 amide bonds. The Kier molecular flexibility index (Phi) is 4.17. The van der Waals surface area contributed by atoms with Gasteiger partial charge in [-0.25, -0.2) is 4.68 Å². The van der Waals surface area contributed by atoms with Gasteiger partial charge >= 0.3 is 0 Å². The maximum atomic E-state index is 11.7. The van der Waals surface area contributed by atoms with E-state index in [0.717, 1.165) is 0 Å². The van der Waals surface area contributed by atoms with E-state index >= 15 is 0 Å². The second-order valence-corrected chi connectivity index (χ2v) is 5.25. The molecule has 1 heterocycles. The van der Waals surface area contributed by atoms with E-state index in [4.69, 9.17) is 17.3 Å². The molecule has 0 bridgehead atoms. The second-order valence-electron chi connectivity index (χ2n) is 4.17. The Labute approximate surface area is 122 Å². The smallest absolute Gasteiger partial charge is 0.269 e. The van der Waals surface area contributed by atoms with Gasteiger partial charge in [0.05, 0.1) is 16.8 Å². The van der Waals surface area contributed by atoms with E-state index in [0.29, 0.717) is 5.56 Å². The molecule has 2 aromatic rings. The van der Waals surface area contributed by atoms with E-state index in [1.54, 1.807) is 25.1 Å². The van der Waals surface area contributed by atoms with Crippen molar-refractivity contribution in [2.24, 2.45) is 0 Å². The van der Waals surface area contributed by atoms with E-state index in [2.05, 4.69) is 9.82 Å². The van der Waals surface area contributed by atoms with Crippen LogP contribution in [-0.4, -0.2) is 18.5 Å². The van der Waals surface area contributed by atoms with Crippen molar-refractivity contribution < 1.29 is 8.76 Å². The van der Waals surface area contributed by atoms with Gasteiger partial charge in [0, 0.05) is 17.3 Å². The Bertz CT molecular complexity index is 712. The zero-order chi connectivity index (χ0) is 14.9. The molecule has 0 saturated carbocycles. The van der Waals surface area contributed by atoms with Crippen molar-refractivity contribution in [1.82, 2.24) is 9.78 Å². The molecule has 1 aromatic heterocycles. The van der Waals surface area contributed by atoms with E-state index in [1.807, 2.05) is 0 Å². The second kappa shape index (κ2) is 5.70. The van der Waals surface area contributed by atoms with Crippen molar-refractivity contribution >= 4 is 34.4 Å². The minimum Gasteiger partial charge on any atom is -0.755 e. The lowest BCUT2D eigenvalue weighted by Gasteiger charge is -2.16. The number of H-pyrrole nitrogens is 1. The number of nitrogens with one attached hydrogen (secondary N) is 2. The van der Waals surface area contributed by atoms with Crippen molar-refractivity contribution in [2.75, 3.05) is 10.5 Å². The van der Waals surface area contributed by atoms with Crippen molar-refractivity contribution in [2.45, 2.75) is 13.0 Å². The number of nitrogens with two attached hydrogens (primary N) is 1. The molecule has 4 N–H and O–H groups in total. The van der Waals surface area contributed by atoms with Gasteiger partial charge in [-0.3, -0.25) is 14.1 Å². The summed E-state index contributed by atoms with van der Waals surface area (Å²) < 4.78 is 24.9. The summed E-state index contributed by atoms with van der Waals surface area (Å²) in [5.41, 5.74) is 6.20. The van der Waals surface area contributed by atoms with Crippen molar-refractivity contribution in [3.63, 3.8) is 0 Å². The molecule has 0 saturated heterocycles. The van der Waals surface area contributed by atoms with Gasteiger partial charge in [-0.15, -0.1) is 0 Å². The Morgan fingerprint density at radius 3 is 2.75 bits per heavy atom. The van der Waals surface area contributed by atoms with Gasteiger partial charge < -0.3 is 15.0 Å². The predicted octanol–water partition coefficient (Wildman–Crippen LogP) is 1.23. The monoisotopic (exact) mass is 315 g/mol. The Morgan fingerprint density at radius 2 is 2.20 bits per heavy atom. The lowest BCUT2D eigenvalue weighted by Crippen LogP contribution is -2.21. The van der Waals surface area contributed by atoms with Crippen LogP contribution in [0.15, 0.2) is 29.1 Å². The van der Waals surface area contributed by atoms with Gasteiger partial charge in [-0.05, 0) is 24.6 Å². The Balaban J connectivity index is 2.40. The average Bonchev–Trinajstić information content (AvgIpc) is 2.70. The van der Waals surface area contributed by atoms with E-state index < -0.39 is 11.3 Å². The molecule has 108 valence electrons. The lowest BCUT2D eigenvalue weighted by molar-refractivity contribution is 0.542. The lowest BCUT2D eigenvalue weighted by atomic mass is 10.1. The van der Waals surface area contributed by atoms with Crippen LogP contribution in [0.2, 0.25) is 5.02 Å². The first kappa shape index (κ1) is 14.6. The molecule has 0 aliphatic rings. The molecular weight excluding hydrogens is 304 g/mol. The van der Waals surface area contributed by atoms with E-state index in [1.165, 1.54) is 10.7 Å². The SMILES string of the molecule is CC(c1ccc(Cl)c(NS(=O)[O-])c1)n1[nH]c(N)cc1=O. The third-order valence-electron chi connectivity index (χ3n) is 2.82. The van der Waals surface area contributed by atoms with Crippen LogP contribution < -0.4 is 16.0 Å². The van der Waals surface area contributed by atoms with Crippen LogP contribution in [0.5, 0.6) is 0 Å². The first-order chi connectivity index (χ1) is 9.38. The first-order valence-electron chi connectivity index (χ1n) is 5.61. The molecule has 1 aromatic carbocycles. The third kappa shape index (κ3) is 3.03. The van der Waals surface area contributed by atoms with E-state index in [9.17, 15) is 13.6 Å². The van der Waals surface area contributed by atoms with Crippen molar-refractivity contribution in [3.8, 4) is 0 Å². The highest BCUT2D eigenvalue weighted by Gasteiger charge is 2.13. The Morgan fingerprint density at radius 1 is 1.50 bits per heavy atom. The predicted molar refractivity (Wildman–Crippen MR) is 77.3 cm³/mol. The molecule has 2 unspecified atom stereocenters. The molecule has 0 fully saturated rings. The van der Waals surface area contributed by atoms with Crippen molar-refractivity contribution in [3.05, 3.63) is 45.2 Å². The molecule has 9 heteroatoms. The summed E-state index contributed by atoms with van der Waals surface area (Å²) in [6.07, 6.45) is 0. The molecule has 2 rings (SSSR count). The summed E-state index contributed by atoms with van der Waals surface area (Å²) in [6, 6.07) is 5.75. The number of anilines is 2. The maximum Gasteiger partial charge on any atom is 0.269 e. The highest BCUT2D eigenvalue weighted by Crippen LogP contribution is 2.27. The Hall–Kier alpha value is -1.77. The number of benzene rings is 1. The topological polar surface area (TPSA) is 116 Å². The number of hydrogen-bond acceptors (Lipinski definition) is 4. The first-order valence-corrected chi connectivity index (χ1v) is 7.06. The zero-order valence-corrected chi connectivity index (χ0v) is 12.0. The number of halogens is 1. The van der Waals surface area contributed by atoms with Gasteiger partial charge in [-0.1, -0.05) is 17.7 Å². The van der Waals surface area contributed by atoms with Crippen LogP contribution >= 0.6 is 11.6 Å². The normalized spacial score (nSPS) is 13.9. The van der Waals surface area contributed by atoms with Gasteiger partial charge in [0.2, 0.25) is 0 Å². The van der Waals surface area contributed by atoms with Crippen LogP contribution in [0.25, 0.3) is 0 Å². The fourth-order valence-corrected chi connectivity index (χ4v) is 2.41. The van der Waals surface area contributed by atoms with Crippen molar-refractivity contribution in [1.29, 1.82) is 0 Å². The molecule has 2 atom stereocenters. The molecular formula is C11H12ClN4O3S-. The quantitative estimate of drug-likeness (QED) is 0.736. The molecule has 7 nitrogen and oxygen atoms in total. The molecule has 0 aliphatic heterocycles. The number of nitrogens with zero attached hydrogens (tertiary/aromatic N) is 1. The largest absolute Gasteiger partial charge is 0.755 e. The fraction of sp³-hybridized carbons (Fsp3) is 0.182. The van der Waals surface area contributed by atoms with E-state index in [-0.39, 0.29) is 28.1 Å². The maximum absolute atomic E-state index is 11.7. The summed E-state index contributed by atoms with van der Waals surface area (Å²) >= 11 is 3.42. The number of nitrogen functional groups attached to an aromatic ring is 1. The summed E-state index contributed by atoms with van der Waals surface area (Å²) in [6.45, 7) is 1.78. The number of hydrogen-bond donors (Lipinski definition) is 3. The van der Waals surface area contributed by atoms with Crippen LogP contribution in [0, 0.1) is 0 Å². The summed E-state index contributed by atoms with van der Waals surface area (Å²) in [5, 5.41) is 2.99. The fourth-order valence-electron chi connectivity index (χ4n) is 1.84. The van der Waals surface area contributed by atoms with Crippen LogP contribution in [-0.2, 0) is 11.3 Å². The zero-order valence-electron chi connectivity index (χ0n) is 10.4. The van der Waals surface area contributed by atoms with Crippen LogP contribution in [0.4, 0.5) is 11.5 Å².